The van der Waals surface area contributed by atoms with Crippen LogP contribution in [0.15, 0.2) is 62.3 Å². The molecule has 1 amide bonds. The second-order valence-electron chi connectivity index (χ2n) is 7.61. The first-order chi connectivity index (χ1) is 15.5. The Morgan fingerprint density at radius 2 is 1.75 bits per heavy atom. The van der Waals surface area contributed by atoms with Gasteiger partial charge >= 0.3 is 0 Å². The molecule has 7 nitrogen and oxygen atoms in total. The number of amides is 1. The van der Waals surface area contributed by atoms with Gasteiger partial charge in [-0.15, -0.1) is 0 Å². The van der Waals surface area contributed by atoms with Crippen molar-refractivity contribution in [3.05, 3.63) is 52.4 Å². The second kappa shape index (κ2) is 8.73. The highest BCUT2D eigenvalue weighted by Gasteiger charge is 2.37. The van der Waals surface area contributed by atoms with E-state index in [2.05, 4.69) is 21.9 Å². The first-order valence-corrected chi connectivity index (χ1v) is 12.0. The molecule has 5 rings (SSSR count). The quantitative estimate of drug-likeness (QED) is 0.628. The lowest BCUT2D eigenvalue weighted by molar-refractivity contribution is -0.121. The minimum Gasteiger partial charge on any atom is -0.497 e. The average Bonchev–Trinajstić information content (AvgIpc) is 3.30. The number of amidine groups is 1. The number of hydrogen-bond acceptors (Lipinski definition) is 8. The molecule has 3 heterocycles. The summed E-state index contributed by atoms with van der Waals surface area (Å²) >= 11 is 3.02. The normalized spacial score (nSPS) is 22.2. The van der Waals surface area contributed by atoms with E-state index in [9.17, 15) is 4.79 Å². The van der Waals surface area contributed by atoms with Crippen LogP contribution in [0.4, 0.5) is 17.1 Å². The first-order valence-electron chi connectivity index (χ1n) is 10.4. The number of fused-ring (bicyclic) bond motifs is 1. The molecule has 0 bridgehead atoms. The van der Waals surface area contributed by atoms with Gasteiger partial charge in [-0.2, -0.15) is 0 Å². The predicted molar refractivity (Wildman–Crippen MR) is 131 cm³/mol. The van der Waals surface area contributed by atoms with Gasteiger partial charge in [0.05, 0.1) is 36.7 Å². The van der Waals surface area contributed by atoms with Crippen molar-refractivity contribution < 1.29 is 14.3 Å². The highest BCUT2D eigenvalue weighted by atomic mass is 32.2. The summed E-state index contributed by atoms with van der Waals surface area (Å²) in [5.74, 6) is 0.764. The van der Waals surface area contributed by atoms with Gasteiger partial charge < -0.3 is 19.3 Å². The predicted octanol–water partition coefficient (Wildman–Crippen LogP) is 4.14. The minimum absolute atomic E-state index is 0.0344. The Kier molecular flexibility index (Phi) is 5.79. The molecular formula is C23H24N4O3S2. The number of morpholine rings is 1. The summed E-state index contributed by atoms with van der Waals surface area (Å²) in [5.41, 5.74) is 3.04. The number of anilines is 2. The maximum absolute atomic E-state index is 13.1. The van der Waals surface area contributed by atoms with Crippen molar-refractivity contribution in [2.45, 2.75) is 4.90 Å². The van der Waals surface area contributed by atoms with Gasteiger partial charge in [-0.1, -0.05) is 11.8 Å². The van der Waals surface area contributed by atoms with Crippen molar-refractivity contribution in [2.24, 2.45) is 4.99 Å². The molecule has 2 fully saturated rings. The Bertz CT molecular complexity index is 1110. The molecule has 166 valence electrons. The van der Waals surface area contributed by atoms with E-state index in [1.54, 1.807) is 30.8 Å². The number of likely N-dealkylation sites (N-methyl/N-ethyl adjacent to an activating group) is 1. The number of carbonyl (C=O) groups is 1. The zero-order valence-electron chi connectivity index (χ0n) is 18.2. The fourth-order valence-electron chi connectivity index (χ4n) is 3.80. The lowest BCUT2D eigenvalue weighted by atomic mass is 10.2. The maximum atomic E-state index is 13.1. The molecule has 3 aliphatic heterocycles. The van der Waals surface area contributed by atoms with Crippen LogP contribution in [0.2, 0.25) is 0 Å². The molecule has 0 spiro atoms. The molecule has 0 atom stereocenters. The summed E-state index contributed by atoms with van der Waals surface area (Å²) in [4.78, 5) is 25.6. The van der Waals surface area contributed by atoms with Gasteiger partial charge in [0.2, 0.25) is 0 Å². The molecule has 0 aromatic heterocycles. The van der Waals surface area contributed by atoms with Crippen LogP contribution in [-0.4, -0.2) is 63.5 Å². The number of carbonyl (C=O) groups excluding carboxylic acids is 1. The molecule has 32 heavy (non-hydrogen) atoms. The van der Waals surface area contributed by atoms with E-state index in [-0.39, 0.29) is 5.91 Å². The molecule has 2 aromatic carbocycles. The van der Waals surface area contributed by atoms with Gasteiger partial charge in [0.25, 0.3) is 5.91 Å². The van der Waals surface area contributed by atoms with E-state index >= 15 is 0 Å². The van der Waals surface area contributed by atoms with Gasteiger partial charge in [-0.25, -0.2) is 4.99 Å². The lowest BCUT2D eigenvalue weighted by Crippen LogP contribution is -2.36. The van der Waals surface area contributed by atoms with Crippen LogP contribution in [0.5, 0.6) is 5.75 Å². The van der Waals surface area contributed by atoms with Crippen molar-refractivity contribution in [1.29, 1.82) is 0 Å². The van der Waals surface area contributed by atoms with Gasteiger partial charge in [0.1, 0.15) is 10.7 Å². The van der Waals surface area contributed by atoms with Crippen molar-refractivity contribution in [2.75, 3.05) is 57.3 Å². The summed E-state index contributed by atoms with van der Waals surface area (Å²) in [7, 11) is 5.41. The van der Waals surface area contributed by atoms with Crippen LogP contribution in [0.25, 0.3) is 0 Å². The van der Waals surface area contributed by atoms with Crippen molar-refractivity contribution >= 4 is 51.7 Å². The van der Waals surface area contributed by atoms with E-state index in [0.29, 0.717) is 10.1 Å². The first kappa shape index (κ1) is 21.2. The number of benzene rings is 2. The highest BCUT2D eigenvalue weighted by Crippen LogP contribution is 2.50. The van der Waals surface area contributed by atoms with Gasteiger partial charge in [-0.05, 0) is 48.2 Å². The van der Waals surface area contributed by atoms with E-state index in [4.69, 9.17) is 14.5 Å². The van der Waals surface area contributed by atoms with Crippen LogP contribution < -0.4 is 14.5 Å². The van der Waals surface area contributed by atoms with Gasteiger partial charge in [0.15, 0.2) is 5.17 Å². The summed E-state index contributed by atoms with van der Waals surface area (Å²) in [6, 6.07) is 14.1. The molecular weight excluding hydrogens is 444 g/mol. The number of nitrogens with zero attached hydrogens (tertiary/aromatic N) is 4. The Morgan fingerprint density at radius 1 is 1.00 bits per heavy atom. The zero-order valence-corrected chi connectivity index (χ0v) is 19.8. The smallest absolute Gasteiger partial charge is 0.269 e. The fraction of sp³-hybridized carbons (Fsp3) is 0.304. The van der Waals surface area contributed by atoms with E-state index in [0.717, 1.165) is 53.4 Å². The molecule has 0 N–H and O–H groups in total. The third-order valence-corrected chi connectivity index (χ3v) is 8.15. The van der Waals surface area contributed by atoms with Crippen LogP contribution in [0, 0.1) is 0 Å². The van der Waals surface area contributed by atoms with Crippen LogP contribution in [0.1, 0.15) is 0 Å². The Labute approximate surface area is 196 Å². The van der Waals surface area contributed by atoms with Gasteiger partial charge in [0, 0.05) is 43.8 Å². The number of hydrogen-bond donors (Lipinski definition) is 0. The highest BCUT2D eigenvalue weighted by molar-refractivity contribution is 8.19. The van der Waals surface area contributed by atoms with Crippen molar-refractivity contribution in [1.82, 2.24) is 4.90 Å². The molecule has 3 aliphatic rings. The van der Waals surface area contributed by atoms with Crippen LogP contribution in [-0.2, 0) is 9.53 Å². The second-order valence-corrected chi connectivity index (χ2v) is 9.61. The number of thioether (sulfide) groups is 2. The number of aliphatic imine (C=N–C) groups is 1. The Hall–Kier alpha value is -2.62. The molecule has 9 heteroatoms. The minimum atomic E-state index is -0.0344. The number of ether oxygens (including phenoxy) is 2. The molecule has 0 unspecified atom stereocenters. The maximum Gasteiger partial charge on any atom is 0.269 e. The monoisotopic (exact) mass is 468 g/mol. The molecule has 0 radical (unpaired) electrons. The summed E-state index contributed by atoms with van der Waals surface area (Å²) in [5, 5.41) is 1.60. The van der Waals surface area contributed by atoms with Crippen molar-refractivity contribution in [3.63, 3.8) is 0 Å². The van der Waals surface area contributed by atoms with E-state index in [1.165, 1.54) is 17.4 Å². The topological polar surface area (TPSA) is 57.6 Å². The van der Waals surface area contributed by atoms with E-state index < -0.39 is 0 Å². The molecule has 2 saturated heterocycles. The zero-order chi connectivity index (χ0) is 22.2. The number of rotatable bonds is 3. The fourth-order valence-corrected chi connectivity index (χ4v) is 6.11. The van der Waals surface area contributed by atoms with Crippen LogP contribution >= 0.6 is 23.5 Å². The lowest BCUT2D eigenvalue weighted by Gasteiger charge is -2.28. The third-order valence-electron chi connectivity index (χ3n) is 5.66. The summed E-state index contributed by atoms with van der Waals surface area (Å²) < 4.78 is 10.8. The Balaban J connectivity index is 1.38. The summed E-state index contributed by atoms with van der Waals surface area (Å²) in [6.45, 7) is 3.32. The average molecular weight is 469 g/mol. The van der Waals surface area contributed by atoms with Gasteiger partial charge in [-0.3, -0.25) is 9.69 Å². The standard InChI is InChI=1S/C23H24N4O3S2/c1-25-18-14-17(29-3)8-9-19(18)31-22(25)20-21(28)26(2)23(32-20)24-15-4-6-16(7-5-15)27-10-12-30-13-11-27/h4-9,14H,10-13H2,1-3H3/b22-20-,24-23?. The number of methoxy groups -OCH3 is 1. The molecule has 0 saturated carbocycles. The Morgan fingerprint density at radius 3 is 2.47 bits per heavy atom. The molecule has 0 aliphatic carbocycles. The SMILES string of the molecule is COc1ccc2c(c1)N(C)/C(=C1/SC(=Nc3ccc(N4CCOCC4)cc3)N(C)C1=O)S2. The largest absolute Gasteiger partial charge is 0.497 e. The summed E-state index contributed by atoms with van der Waals surface area (Å²) in [6.07, 6.45) is 0. The third kappa shape index (κ3) is 3.85. The van der Waals surface area contributed by atoms with E-state index in [1.807, 2.05) is 37.4 Å². The van der Waals surface area contributed by atoms with Crippen molar-refractivity contribution in [3.8, 4) is 5.75 Å². The van der Waals surface area contributed by atoms with Crippen LogP contribution in [0.3, 0.4) is 0 Å². The molecule has 2 aromatic rings.